The van der Waals surface area contributed by atoms with Crippen molar-refractivity contribution >= 4 is 99.2 Å². The number of hydrogen-bond donors (Lipinski definition) is 0. The van der Waals surface area contributed by atoms with Crippen LogP contribution in [0.25, 0.3) is 87.3 Å². The Morgan fingerprint density at radius 2 is 0.698 bits per heavy atom. The summed E-state index contributed by atoms with van der Waals surface area (Å²) in [6.45, 7) is 0. The number of anilines is 6. The van der Waals surface area contributed by atoms with Gasteiger partial charge < -0.3 is 14.2 Å². The Morgan fingerprint density at radius 3 is 1.25 bits per heavy atom. The lowest BCUT2D eigenvalue weighted by Gasteiger charge is -2.30. The van der Waals surface area contributed by atoms with Gasteiger partial charge in [-0.05, 0) is 121 Å². The number of rotatable bonds is 8. The predicted molar refractivity (Wildman–Crippen MR) is 266 cm³/mol. The summed E-state index contributed by atoms with van der Waals surface area (Å²) in [6.07, 6.45) is 0. The fraction of sp³-hybridized carbons (Fsp3) is 0. The minimum absolute atomic E-state index is 0.894. The van der Waals surface area contributed by atoms with Crippen molar-refractivity contribution in [3.05, 3.63) is 231 Å². The van der Waals surface area contributed by atoms with Gasteiger partial charge in [0.25, 0.3) is 0 Å². The van der Waals surface area contributed by atoms with Crippen LogP contribution in [0.5, 0.6) is 0 Å². The highest BCUT2D eigenvalue weighted by Gasteiger charge is 2.24. The van der Waals surface area contributed by atoms with Crippen LogP contribution in [0.2, 0.25) is 0 Å². The van der Waals surface area contributed by atoms with Crippen LogP contribution >= 0.6 is 0 Å². The van der Waals surface area contributed by atoms with Gasteiger partial charge in [0.05, 0.1) is 17.1 Å². The summed E-state index contributed by atoms with van der Waals surface area (Å²) in [6, 6.07) is 83.6. The second-order valence-corrected chi connectivity index (χ2v) is 16.5. The zero-order valence-corrected chi connectivity index (χ0v) is 34.2. The molecule has 0 amide bonds. The van der Waals surface area contributed by atoms with Crippen molar-refractivity contribution in [1.29, 1.82) is 0 Å². The molecule has 0 aliphatic rings. The standard InChI is InChI=1S/C60H38N2O/c1-5-14-39(15-6-1)45-34-46(40-16-7-2-8-17-40)37-49(36-45)61(47-19-9-3-10-20-47)53-32-28-42-27-31-52-54(33-29-43-26-30-51(53)57(42)58(43)52)62(48-21-11-4-12-22-48)50-35-44-25-24-41-18-13-23-55-59(41)60(44)56(38-50)63-55/h1-38H. The van der Waals surface area contributed by atoms with Crippen LogP contribution in [0.1, 0.15) is 0 Å². The topological polar surface area (TPSA) is 19.6 Å². The predicted octanol–water partition coefficient (Wildman–Crippen LogP) is 17.3. The molecule has 13 rings (SSSR count). The summed E-state index contributed by atoms with van der Waals surface area (Å²) in [5.74, 6) is 0. The van der Waals surface area contributed by atoms with E-state index in [1.807, 2.05) is 0 Å². The Labute approximate surface area is 364 Å². The molecule has 0 saturated heterocycles. The SMILES string of the molecule is c1ccc(-c2cc(-c3ccccc3)cc(N(c3ccccc3)c3ccc4ccc5c(N(c6ccccc6)c6cc7ccc8cccc9oc(c6)c7c89)ccc6ccc3c4c65)c2)cc1. The molecule has 63 heavy (non-hydrogen) atoms. The van der Waals surface area contributed by atoms with Gasteiger partial charge in [0.15, 0.2) is 0 Å². The molecule has 0 bridgehead atoms. The summed E-state index contributed by atoms with van der Waals surface area (Å²) < 4.78 is 6.60. The second kappa shape index (κ2) is 14.1. The highest BCUT2D eigenvalue weighted by Crippen LogP contribution is 2.49. The third-order valence-electron chi connectivity index (χ3n) is 12.9. The average molecular weight is 803 g/mol. The maximum atomic E-state index is 6.60. The van der Waals surface area contributed by atoms with Gasteiger partial charge >= 0.3 is 0 Å². The molecule has 294 valence electrons. The number of nitrogens with zero attached hydrogens (tertiary/aromatic N) is 2. The number of hydrogen-bond acceptors (Lipinski definition) is 3. The smallest absolute Gasteiger partial charge is 0.138 e. The van der Waals surface area contributed by atoms with E-state index < -0.39 is 0 Å². The quantitative estimate of drug-likeness (QED) is 0.143. The lowest BCUT2D eigenvalue weighted by molar-refractivity contribution is 0.669. The second-order valence-electron chi connectivity index (χ2n) is 16.5. The highest BCUT2D eigenvalue weighted by atomic mass is 16.3. The van der Waals surface area contributed by atoms with Crippen molar-refractivity contribution in [1.82, 2.24) is 0 Å². The molecule has 3 heteroatoms. The van der Waals surface area contributed by atoms with Gasteiger partial charge in [0.2, 0.25) is 0 Å². The van der Waals surface area contributed by atoms with E-state index in [4.69, 9.17) is 4.42 Å². The summed E-state index contributed by atoms with van der Waals surface area (Å²) in [7, 11) is 0. The zero-order valence-electron chi connectivity index (χ0n) is 34.2. The van der Waals surface area contributed by atoms with Crippen molar-refractivity contribution < 1.29 is 4.42 Å². The van der Waals surface area contributed by atoms with Crippen molar-refractivity contribution in [3.8, 4) is 22.3 Å². The minimum atomic E-state index is 0.894. The molecule has 0 aliphatic heterocycles. The molecule has 0 aliphatic carbocycles. The molecule has 0 atom stereocenters. The first kappa shape index (κ1) is 35.4. The fourth-order valence-corrected chi connectivity index (χ4v) is 10.1. The number of furan rings is 1. The van der Waals surface area contributed by atoms with E-state index in [1.54, 1.807) is 0 Å². The molecule has 0 saturated carbocycles. The molecule has 0 unspecified atom stereocenters. The number of benzene rings is 12. The van der Waals surface area contributed by atoms with Gasteiger partial charge in [0, 0.05) is 44.7 Å². The molecule has 1 heterocycles. The minimum Gasteiger partial charge on any atom is -0.456 e. The molecule has 1 aromatic heterocycles. The lowest BCUT2D eigenvalue weighted by atomic mass is 9.91. The van der Waals surface area contributed by atoms with Crippen LogP contribution in [-0.2, 0) is 0 Å². The molecule has 0 radical (unpaired) electrons. The molecule has 13 aromatic rings. The van der Waals surface area contributed by atoms with Crippen LogP contribution < -0.4 is 9.80 Å². The Morgan fingerprint density at radius 1 is 0.254 bits per heavy atom. The Hall–Kier alpha value is -8.40. The molecular weight excluding hydrogens is 765 g/mol. The van der Waals surface area contributed by atoms with Crippen molar-refractivity contribution in [2.45, 2.75) is 0 Å². The summed E-state index contributed by atoms with van der Waals surface area (Å²) in [5, 5.41) is 12.0. The molecule has 0 N–H and O–H groups in total. The van der Waals surface area contributed by atoms with E-state index in [0.29, 0.717) is 0 Å². The van der Waals surface area contributed by atoms with Gasteiger partial charge in [-0.3, -0.25) is 0 Å². The van der Waals surface area contributed by atoms with Gasteiger partial charge in [-0.1, -0.05) is 158 Å². The van der Waals surface area contributed by atoms with Gasteiger partial charge in [-0.25, -0.2) is 0 Å². The maximum Gasteiger partial charge on any atom is 0.138 e. The van der Waals surface area contributed by atoms with Crippen LogP contribution in [-0.4, -0.2) is 0 Å². The van der Waals surface area contributed by atoms with Crippen molar-refractivity contribution in [2.75, 3.05) is 9.80 Å². The first-order valence-electron chi connectivity index (χ1n) is 21.6. The Bertz CT molecular complexity index is 3730. The molecular formula is C60H38N2O. The van der Waals surface area contributed by atoms with Crippen LogP contribution in [0.4, 0.5) is 34.1 Å². The first-order valence-corrected chi connectivity index (χ1v) is 21.6. The van der Waals surface area contributed by atoms with E-state index in [0.717, 1.165) is 50.7 Å². The van der Waals surface area contributed by atoms with E-state index in [2.05, 4.69) is 240 Å². The molecule has 0 fully saturated rings. The van der Waals surface area contributed by atoms with Crippen molar-refractivity contribution in [2.24, 2.45) is 0 Å². The maximum absolute atomic E-state index is 6.60. The van der Waals surface area contributed by atoms with Gasteiger partial charge in [-0.15, -0.1) is 0 Å². The fourth-order valence-electron chi connectivity index (χ4n) is 10.1. The average Bonchev–Trinajstić information content (AvgIpc) is 3.74. The van der Waals surface area contributed by atoms with Gasteiger partial charge in [0.1, 0.15) is 11.2 Å². The molecule has 3 nitrogen and oxygen atoms in total. The first-order chi connectivity index (χ1) is 31.2. The van der Waals surface area contributed by atoms with Crippen LogP contribution in [0, 0.1) is 0 Å². The number of para-hydroxylation sites is 2. The van der Waals surface area contributed by atoms with Crippen LogP contribution in [0.15, 0.2) is 235 Å². The lowest BCUT2D eigenvalue weighted by Crippen LogP contribution is -2.11. The Kier molecular flexibility index (Phi) is 7.91. The molecule has 0 spiro atoms. The van der Waals surface area contributed by atoms with E-state index in [1.165, 1.54) is 70.7 Å². The third kappa shape index (κ3) is 5.67. The van der Waals surface area contributed by atoms with Crippen molar-refractivity contribution in [3.63, 3.8) is 0 Å². The van der Waals surface area contributed by atoms with E-state index >= 15 is 0 Å². The summed E-state index contributed by atoms with van der Waals surface area (Å²) in [5.41, 5.74) is 13.1. The summed E-state index contributed by atoms with van der Waals surface area (Å²) in [4.78, 5) is 4.84. The third-order valence-corrected chi connectivity index (χ3v) is 12.9. The Balaban J connectivity index is 1.05. The normalized spacial score (nSPS) is 11.8. The zero-order chi connectivity index (χ0) is 41.4. The summed E-state index contributed by atoms with van der Waals surface area (Å²) >= 11 is 0. The monoisotopic (exact) mass is 802 g/mol. The largest absolute Gasteiger partial charge is 0.456 e. The van der Waals surface area contributed by atoms with E-state index in [-0.39, 0.29) is 0 Å². The van der Waals surface area contributed by atoms with E-state index in [9.17, 15) is 0 Å². The highest BCUT2D eigenvalue weighted by molar-refractivity contribution is 6.28. The molecule has 12 aromatic carbocycles. The van der Waals surface area contributed by atoms with Gasteiger partial charge in [-0.2, -0.15) is 0 Å². The van der Waals surface area contributed by atoms with Crippen LogP contribution in [0.3, 0.4) is 0 Å².